The summed E-state index contributed by atoms with van der Waals surface area (Å²) in [6.45, 7) is 2.46. The van der Waals surface area contributed by atoms with Crippen LogP contribution in [0.2, 0.25) is 0 Å². The van der Waals surface area contributed by atoms with Crippen molar-refractivity contribution in [2.75, 3.05) is 26.8 Å². The summed E-state index contributed by atoms with van der Waals surface area (Å²) in [5.41, 5.74) is 0.876. The third kappa shape index (κ3) is 3.11. The van der Waals surface area contributed by atoms with Gasteiger partial charge in [0.1, 0.15) is 5.75 Å². The maximum Gasteiger partial charge on any atom is 0.209 e. The molecule has 3 rings (SSSR count). The van der Waals surface area contributed by atoms with E-state index in [0.29, 0.717) is 31.3 Å². The molecular formula is C16H17N3O3. The van der Waals surface area contributed by atoms with Gasteiger partial charge in [-0.05, 0) is 12.1 Å². The fourth-order valence-electron chi connectivity index (χ4n) is 2.47. The van der Waals surface area contributed by atoms with Crippen molar-refractivity contribution in [2.45, 2.75) is 12.6 Å². The minimum atomic E-state index is -0.377. The van der Waals surface area contributed by atoms with Crippen LogP contribution in [-0.2, 0) is 11.3 Å². The molecule has 1 atom stereocenters. The molecule has 0 amide bonds. The topological polar surface area (TPSA) is 71.5 Å². The van der Waals surface area contributed by atoms with Crippen LogP contribution < -0.4 is 4.74 Å². The molecule has 1 aliphatic heterocycles. The molecule has 1 aliphatic rings. The number of hydrogen-bond acceptors (Lipinski definition) is 6. The Morgan fingerprint density at radius 2 is 2.32 bits per heavy atom. The third-order valence-corrected chi connectivity index (χ3v) is 3.58. The molecule has 0 N–H and O–H groups in total. The molecule has 1 unspecified atom stereocenters. The van der Waals surface area contributed by atoms with Gasteiger partial charge in [0.15, 0.2) is 11.9 Å². The normalized spacial score (nSPS) is 18.8. The van der Waals surface area contributed by atoms with Crippen LogP contribution in [0.25, 0.3) is 11.3 Å². The fraction of sp³-hybridized carbons (Fsp3) is 0.375. The van der Waals surface area contributed by atoms with Gasteiger partial charge in [-0.2, -0.15) is 5.26 Å². The second-order valence-electron chi connectivity index (χ2n) is 5.04. The van der Waals surface area contributed by atoms with Crippen molar-refractivity contribution in [3.63, 3.8) is 0 Å². The molecule has 1 aromatic carbocycles. The molecule has 6 heteroatoms. The molecule has 1 saturated heterocycles. The maximum absolute atomic E-state index is 8.93. The molecule has 114 valence electrons. The van der Waals surface area contributed by atoms with Crippen LogP contribution in [0.1, 0.15) is 5.89 Å². The lowest BCUT2D eigenvalue weighted by Gasteiger charge is -2.28. The lowest BCUT2D eigenvalue weighted by molar-refractivity contribution is -0.00539. The minimum absolute atomic E-state index is 0.377. The van der Waals surface area contributed by atoms with Crippen LogP contribution in [0, 0.1) is 11.3 Å². The molecule has 0 radical (unpaired) electrons. The van der Waals surface area contributed by atoms with E-state index in [2.05, 4.69) is 16.0 Å². The van der Waals surface area contributed by atoms with Crippen LogP contribution in [-0.4, -0.2) is 42.8 Å². The van der Waals surface area contributed by atoms with E-state index in [4.69, 9.17) is 19.2 Å². The Labute approximate surface area is 128 Å². The van der Waals surface area contributed by atoms with Crippen molar-refractivity contribution in [3.8, 4) is 23.1 Å². The van der Waals surface area contributed by atoms with E-state index in [-0.39, 0.29) is 6.10 Å². The van der Waals surface area contributed by atoms with Gasteiger partial charge in [0.25, 0.3) is 0 Å². The first-order chi connectivity index (χ1) is 10.8. The molecule has 0 bridgehead atoms. The number of nitrogens with zero attached hydrogens (tertiary/aromatic N) is 3. The molecule has 0 saturated carbocycles. The van der Waals surface area contributed by atoms with Crippen molar-refractivity contribution in [2.24, 2.45) is 0 Å². The van der Waals surface area contributed by atoms with Crippen molar-refractivity contribution in [1.29, 1.82) is 5.26 Å². The van der Waals surface area contributed by atoms with Crippen molar-refractivity contribution in [1.82, 2.24) is 9.88 Å². The summed E-state index contributed by atoms with van der Waals surface area (Å²) in [7, 11) is 1.63. The van der Waals surface area contributed by atoms with Gasteiger partial charge >= 0.3 is 0 Å². The Hall–Kier alpha value is -2.36. The first-order valence-corrected chi connectivity index (χ1v) is 7.12. The zero-order chi connectivity index (χ0) is 15.4. The summed E-state index contributed by atoms with van der Waals surface area (Å²) < 4.78 is 16.5. The van der Waals surface area contributed by atoms with Gasteiger partial charge < -0.3 is 13.9 Å². The Bertz CT molecular complexity index is 677. The second kappa shape index (κ2) is 6.60. The SMILES string of the molecule is COc1ccccc1-c1cnc(CN2CCOC(C#N)C2)o1. The lowest BCUT2D eigenvalue weighted by atomic mass is 10.1. The number of oxazole rings is 1. The number of para-hydroxylation sites is 1. The number of benzene rings is 1. The summed E-state index contributed by atoms with van der Waals surface area (Å²) >= 11 is 0. The quantitative estimate of drug-likeness (QED) is 0.860. The van der Waals surface area contributed by atoms with E-state index < -0.39 is 0 Å². The number of ether oxygens (including phenoxy) is 2. The van der Waals surface area contributed by atoms with Crippen molar-refractivity contribution < 1.29 is 13.9 Å². The maximum atomic E-state index is 8.93. The second-order valence-corrected chi connectivity index (χ2v) is 5.04. The highest BCUT2D eigenvalue weighted by atomic mass is 16.5. The summed E-state index contributed by atoms with van der Waals surface area (Å²) in [4.78, 5) is 6.43. The number of morpholine rings is 1. The van der Waals surface area contributed by atoms with Crippen LogP contribution >= 0.6 is 0 Å². The molecule has 0 aliphatic carbocycles. The highest BCUT2D eigenvalue weighted by molar-refractivity contribution is 5.64. The summed E-state index contributed by atoms with van der Waals surface area (Å²) in [5, 5.41) is 8.93. The number of rotatable bonds is 4. The number of aromatic nitrogens is 1. The van der Waals surface area contributed by atoms with Gasteiger partial charge in [0.05, 0.1) is 38.1 Å². The molecule has 6 nitrogen and oxygen atoms in total. The number of methoxy groups -OCH3 is 1. The van der Waals surface area contributed by atoms with Crippen molar-refractivity contribution in [3.05, 3.63) is 36.4 Å². The van der Waals surface area contributed by atoms with Gasteiger partial charge in [0, 0.05) is 13.1 Å². The van der Waals surface area contributed by atoms with Gasteiger partial charge in [-0.25, -0.2) is 4.98 Å². The fourth-order valence-corrected chi connectivity index (χ4v) is 2.47. The Kier molecular flexibility index (Phi) is 4.37. The highest BCUT2D eigenvalue weighted by Crippen LogP contribution is 2.30. The summed E-state index contributed by atoms with van der Waals surface area (Å²) in [6, 6.07) is 9.80. The molecule has 2 aromatic rings. The van der Waals surface area contributed by atoms with E-state index in [9.17, 15) is 0 Å². The van der Waals surface area contributed by atoms with E-state index in [0.717, 1.165) is 17.9 Å². The number of hydrogen-bond donors (Lipinski definition) is 0. The summed E-state index contributed by atoms with van der Waals surface area (Å²) in [6.07, 6.45) is 1.33. The van der Waals surface area contributed by atoms with Gasteiger partial charge in [-0.15, -0.1) is 0 Å². The molecule has 1 aromatic heterocycles. The number of nitriles is 1. The lowest BCUT2D eigenvalue weighted by Crippen LogP contribution is -2.41. The Morgan fingerprint density at radius 1 is 1.45 bits per heavy atom. The van der Waals surface area contributed by atoms with Crippen LogP contribution in [0.4, 0.5) is 0 Å². The molecule has 1 fully saturated rings. The van der Waals surface area contributed by atoms with E-state index in [1.807, 2.05) is 24.3 Å². The highest BCUT2D eigenvalue weighted by Gasteiger charge is 2.21. The third-order valence-electron chi connectivity index (χ3n) is 3.58. The summed E-state index contributed by atoms with van der Waals surface area (Å²) in [5.74, 6) is 2.05. The average molecular weight is 299 g/mol. The zero-order valence-electron chi connectivity index (χ0n) is 12.4. The van der Waals surface area contributed by atoms with Gasteiger partial charge in [-0.3, -0.25) is 4.90 Å². The van der Waals surface area contributed by atoms with Gasteiger partial charge in [0.2, 0.25) is 5.89 Å². The molecule has 0 spiro atoms. The Balaban J connectivity index is 1.73. The first kappa shape index (κ1) is 14.6. The molecular weight excluding hydrogens is 282 g/mol. The van der Waals surface area contributed by atoms with Crippen LogP contribution in [0.15, 0.2) is 34.9 Å². The standard InChI is InChI=1S/C16H17N3O3/c1-20-14-5-3-2-4-13(14)15-9-18-16(22-15)11-19-6-7-21-12(8-17)10-19/h2-5,9,12H,6-7,10-11H2,1H3. The van der Waals surface area contributed by atoms with Crippen LogP contribution in [0.5, 0.6) is 5.75 Å². The molecule has 2 heterocycles. The minimum Gasteiger partial charge on any atom is -0.496 e. The Morgan fingerprint density at radius 3 is 3.14 bits per heavy atom. The van der Waals surface area contributed by atoms with Gasteiger partial charge in [-0.1, -0.05) is 12.1 Å². The average Bonchev–Trinajstić information content (AvgIpc) is 3.03. The monoisotopic (exact) mass is 299 g/mol. The van der Waals surface area contributed by atoms with E-state index in [1.54, 1.807) is 13.3 Å². The van der Waals surface area contributed by atoms with E-state index >= 15 is 0 Å². The smallest absolute Gasteiger partial charge is 0.209 e. The zero-order valence-corrected chi connectivity index (χ0v) is 12.4. The predicted molar refractivity (Wildman–Crippen MR) is 79.1 cm³/mol. The first-order valence-electron chi connectivity index (χ1n) is 7.12. The van der Waals surface area contributed by atoms with Crippen LogP contribution in [0.3, 0.4) is 0 Å². The largest absolute Gasteiger partial charge is 0.496 e. The van der Waals surface area contributed by atoms with E-state index in [1.165, 1.54) is 0 Å². The van der Waals surface area contributed by atoms with Crippen molar-refractivity contribution >= 4 is 0 Å². The predicted octanol–water partition coefficient (Wildman–Crippen LogP) is 2.07. The molecule has 22 heavy (non-hydrogen) atoms.